The van der Waals surface area contributed by atoms with E-state index in [1.165, 1.54) is 19.2 Å². The number of anilines is 2. The Hall–Kier alpha value is -1.47. The van der Waals surface area contributed by atoms with Crippen molar-refractivity contribution in [2.45, 2.75) is 0 Å². The third-order valence-electron chi connectivity index (χ3n) is 2.29. The topological polar surface area (TPSA) is 98.5 Å². The Balaban J connectivity index is 3.01. The maximum absolute atomic E-state index is 11.6. The van der Waals surface area contributed by atoms with Crippen LogP contribution in [-0.4, -0.2) is 40.1 Å². The quantitative estimate of drug-likeness (QED) is 0.626. The van der Waals surface area contributed by atoms with Gasteiger partial charge in [0, 0.05) is 18.5 Å². The van der Waals surface area contributed by atoms with Gasteiger partial charge < -0.3 is 15.8 Å². The van der Waals surface area contributed by atoms with Crippen LogP contribution in [0.25, 0.3) is 0 Å². The van der Waals surface area contributed by atoms with E-state index in [1.807, 2.05) is 0 Å². The summed E-state index contributed by atoms with van der Waals surface area (Å²) in [5, 5.41) is 3.04. The van der Waals surface area contributed by atoms with Crippen LogP contribution in [0.5, 0.6) is 0 Å². The zero-order valence-corrected chi connectivity index (χ0v) is 12.1. The average Bonchev–Trinajstić information content (AvgIpc) is 2.28. The standard InChI is InChI=1S/C11H15ClN2O4S/c1-18-11(15)8-5-7(13)6-9(12)10(8)14-3-4-19(2,16)17/h5-6,14H,3-4,13H2,1-2H3. The number of hydrogen-bond donors (Lipinski definition) is 2. The molecule has 0 atom stereocenters. The van der Waals surface area contributed by atoms with Crippen LogP contribution < -0.4 is 11.1 Å². The number of nitrogens with one attached hydrogen (secondary N) is 1. The molecule has 0 aliphatic heterocycles. The lowest BCUT2D eigenvalue weighted by atomic mass is 10.1. The van der Waals surface area contributed by atoms with E-state index in [4.69, 9.17) is 17.3 Å². The summed E-state index contributed by atoms with van der Waals surface area (Å²) < 4.78 is 26.7. The first-order valence-corrected chi connectivity index (χ1v) is 7.77. The third-order valence-corrected chi connectivity index (χ3v) is 3.54. The third kappa shape index (κ3) is 4.60. The molecule has 0 saturated carbocycles. The molecule has 19 heavy (non-hydrogen) atoms. The van der Waals surface area contributed by atoms with Crippen LogP contribution in [0.2, 0.25) is 5.02 Å². The van der Waals surface area contributed by atoms with Crippen LogP contribution in [0.3, 0.4) is 0 Å². The second kappa shape index (κ2) is 6.12. The zero-order valence-electron chi connectivity index (χ0n) is 10.6. The number of nitrogen functional groups attached to an aromatic ring is 1. The summed E-state index contributed by atoms with van der Waals surface area (Å²) in [6.07, 6.45) is 1.13. The zero-order chi connectivity index (χ0) is 14.6. The highest BCUT2D eigenvalue weighted by molar-refractivity contribution is 7.90. The molecule has 0 fully saturated rings. The highest BCUT2D eigenvalue weighted by Gasteiger charge is 2.16. The molecule has 1 rings (SSSR count). The van der Waals surface area contributed by atoms with Crippen molar-refractivity contribution in [1.82, 2.24) is 0 Å². The molecule has 0 aromatic heterocycles. The van der Waals surface area contributed by atoms with E-state index in [2.05, 4.69) is 10.1 Å². The molecule has 8 heteroatoms. The molecule has 0 radical (unpaired) electrons. The molecule has 0 unspecified atom stereocenters. The molecule has 106 valence electrons. The summed E-state index contributed by atoms with van der Waals surface area (Å²) in [5.41, 5.74) is 6.40. The highest BCUT2D eigenvalue weighted by atomic mass is 35.5. The van der Waals surface area contributed by atoms with Gasteiger partial charge in [-0.1, -0.05) is 11.6 Å². The van der Waals surface area contributed by atoms with Crippen LogP contribution in [0, 0.1) is 0 Å². The molecular weight excluding hydrogens is 292 g/mol. The molecule has 0 aliphatic rings. The van der Waals surface area contributed by atoms with Gasteiger partial charge in [-0.2, -0.15) is 0 Å². The Morgan fingerprint density at radius 3 is 2.63 bits per heavy atom. The van der Waals surface area contributed by atoms with Gasteiger partial charge in [-0.3, -0.25) is 0 Å². The van der Waals surface area contributed by atoms with Crippen molar-refractivity contribution in [3.8, 4) is 0 Å². The number of halogens is 1. The SMILES string of the molecule is COC(=O)c1cc(N)cc(Cl)c1NCCS(C)(=O)=O. The maximum Gasteiger partial charge on any atom is 0.340 e. The van der Waals surface area contributed by atoms with E-state index in [9.17, 15) is 13.2 Å². The van der Waals surface area contributed by atoms with Gasteiger partial charge in [0.05, 0.1) is 29.1 Å². The Labute approximate surface area is 116 Å². The van der Waals surface area contributed by atoms with E-state index in [-0.39, 0.29) is 22.9 Å². The van der Waals surface area contributed by atoms with Crippen molar-refractivity contribution >= 4 is 38.8 Å². The first-order chi connectivity index (χ1) is 8.74. The molecule has 3 N–H and O–H groups in total. The molecule has 1 aromatic carbocycles. The molecule has 0 aliphatic carbocycles. The van der Waals surface area contributed by atoms with Crippen molar-refractivity contribution in [1.29, 1.82) is 0 Å². The van der Waals surface area contributed by atoms with Crippen LogP contribution in [0.1, 0.15) is 10.4 Å². The molecule has 0 saturated heterocycles. The lowest BCUT2D eigenvalue weighted by Gasteiger charge is -2.13. The fourth-order valence-electron chi connectivity index (χ4n) is 1.44. The van der Waals surface area contributed by atoms with Crippen LogP contribution in [0.15, 0.2) is 12.1 Å². The van der Waals surface area contributed by atoms with Crippen molar-refractivity contribution in [3.05, 3.63) is 22.7 Å². The molecule has 0 spiro atoms. The minimum absolute atomic E-state index is 0.0751. The van der Waals surface area contributed by atoms with Crippen LogP contribution >= 0.6 is 11.6 Å². The van der Waals surface area contributed by atoms with Gasteiger partial charge in [-0.05, 0) is 12.1 Å². The molecule has 6 nitrogen and oxygen atoms in total. The Morgan fingerprint density at radius 1 is 1.47 bits per heavy atom. The largest absolute Gasteiger partial charge is 0.465 e. The monoisotopic (exact) mass is 306 g/mol. The summed E-state index contributed by atoms with van der Waals surface area (Å²) in [7, 11) is -1.86. The first kappa shape index (κ1) is 15.6. The van der Waals surface area contributed by atoms with Gasteiger partial charge in [-0.25, -0.2) is 13.2 Å². The highest BCUT2D eigenvalue weighted by Crippen LogP contribution is 2.29. The summed E-state index contributed by atoms with van der Waals surface area (Å²) in [5.74, 6) is -0.676. The number of nitrogens with two attached hydrogens (primary N) is 1. The van der Waals surface area contributed by atoms with Crippen molar-refractivity contribution in [2.24, 2.45) is 0 Å². The number of hydrogen-bond acceptors (Lipinski definition) is 6. The Kier molecular flexibility index (Phi) is 5.02. The smallest absolute Gasteiger partial charge is 0.340 e. The normalized spacial score (nSPS) is 11.1. The van der Waals surface area contributed by atoms with Crippen LogP contribution in [-0.2, 0) is 14.6 Å². The predicted molar refractivity (Wildman–Crippen MR) is 75.4 cm³/mol. The number of carbonyl (C=O) groups is 1. The Morgan fingerprint density at radius 2 is 2.11 bits per heavy atom. The van der Waals surface area contributed by atoms with E-state index < -0.39 is 15.8 Å². The number of carbonyl (C=O) groups excluding carboxylic acids is 1. The maximum atomic E-state index is 11.6. The first-order valence-electron chi connectivity index (χ1n) is 5.33. The summed E-state index contributed by atoms with van der Waals surface area (Å²) >= 11 is 5.99. The van der Waals surface area contributed by atoms with Crippen LogP contribution in [0.4, 0.5) is 11.4 Å². The minimum atomic E-state index is -3.10. The number of methoxy groups -OCH3 is 1. The summed E-state index contributed by atoms with van der Waals surface area (Å²) in [6.45, 7) is 0.131. The number of sulfone groups is 1. The van der Waals surface area contributed by atoms with Gasteiger partial charge in [0.2, 0.25) is 0 Å². The second-order valence-corrected chi connectivity index (χ2v) is 6.64. The summed E-state index contributed by atoms with van der Waals surface area (Å²) in [6, 6.07) is 2.89. The average molecular weight is 307 g/mol. The van der Waals surface area contributed by atoms with Gasteiger partial charge >= 0.3 is 5.97 Å². The summed E-state index contributed by atoms with van der Waals surface area (Å²) in [4.78, 5) is 11.6. The minimum Gasteiger partial charge on any atom is -0.465 e. The van der Waals surface area contributed by atoms with E-state index >= 15 is 0 Å². The molecule has 1 aromatic rings. The predicted octanol–water partition coefficient (Wildman–Crippen LogP) is 1.17. The lowest BCUT2D eigenvalue weighted by molar-refractivity contribution is 0.0602. The molecule has 0 bridgehead atoms. The number of ether oxygens (including phenoxy) is 1. The second-order valence-electron chi connectivity index (χ2n) is 3.97. The number of rotatable bonds is 5. The van der Waals surface area contributed by atoms with Crippen molar-refractivity contribution < 1.29 is 17.9 Å². The van der Waals surface area contributed by atoms with Gasteiger partial charge in [0.1, 0.15) is 9.84 Å². The molecular formula is C11H15ClN2O4S. The fraction of sp³-hybridized carbons (Fsp3) is 0.364. The lowest BCUT2D eigenvalue weighted by Crippen LogP contribution is -2.16. The molecule has 0 heterocycles. The van der Waals surface area contributed by atoms with E-state index in [0.717, 1.165) is 6.26 Å². The van der Waals surface area contributed by atoms with Crippen molar-refractivity contribution in [2.75, 3.05) is 36.7 Å². The van der Waals surface area contributed by atoms with Crippen molar-refractivity contribution in [3.63, 3.8) is 0 Å². The number of esters is 1. The van der Waals surface area contributed by atoms with Gasteiger partial charge in [-0.15, -0.1) is 0 Å². The van der Waals surface area contributed by atoms with E-state index in [1.54, 1.807) is 0 Å². The number of benzene rings is 1. The Bertz CT molecular complexity index is 587. The van der Waals surface area contributed by atoms with Gasteiger partial charge in [0.25, 0.3) is 0 Å². The van der Waals surface area contributed by atoms with E-state index in [0.29, 0.717) is 11.4 Å². The molecule has 0 amide bonds. The fourth-order valence-corrected chi connectivity index (χ4v) is 2.21. The van der Waals surface area contributed by atoms with Gasteiger partial charge in [0.15, 0.2) is 0 Å².